The van der Waals surface area contributed by atoms with E-state index in [-0.39, 0.29) is 5.41 Å². The molecule has 0 unspecified atom stereocenters. The predicted molar refractivity (Wildman–Crippen MR) is 67.7 cm³/mol. The van der Waals surface area contributed by atoms with Gasteiger partial charge in [0.2, 0.25) is 0 Å². The summed E-state index contributed by atoms with van der Waals surface area (Å²) in [4.78, 5) is 0. The van der Waals surface area contributed by atoms with Gasteiger partial charge in [-0.3, -0.25) is 0 Å². The number of hydrogen-bond acceptors (Lipinski definition) is 0. The Kier molecular flexibility index (Phi) is 4.19. The van der Waals surface area contributed by atoms with Gasteiger partial charge >= 0.3 is 0 Å². The maximum absolute atomic E-state index is 3.80. The van der Waals surface area contributed by atoms with Crippen molar-refractivity contribution in [3.8, 4) is 0 Å². The molecular weight excluding hydrogens is 180 g/mol. The fourth-order valence-corrected chi connectivity index (χ4v) is 3.04. The van der Waals surface area contributed by atoms with E-state index >= 15 is 0 Å². The molecule has 0 saturated carbocycles. The monoisotopic (exact) mass is 205 g/mol. The molecule has 0 atom stereocenters. The Morgan fingerprint density at radius 1 is 0.867 bits per heavy atom. The van der Waals surface area contributed by atoms with Crippen LogP contribution in [-0.4, -0.2) is 0 Å². The van der Waals surface area contributed by atoms with Gasteiger partial charge in [0, 0.05) is 5.41 Å². The maximum Gasteiger partial charge on any atom is 0.0168 e. The van der Waals surface area contributed by atoms with Gasteiger partial charge in [-0.2, -0.15) is 0 Å². The minimum Gasteiger partial charge on any atom is -0.0642 e. The summed E-state index contributed by atoms with van der Waals surface area (Å²) in [5.74, 6) is 0. The van der Waals surface area contributed by atoms with Crippen molar-refractivity contribution in [1.29, 1.82) is 0 Å². The molecule has 0 aromatic rings. The van der Waals surface area contributed by atoms with Crippen molar-refractivity contribution in [3.63, 3.8) is 0 Å². The molecule has 0 nitrogen and oxygen atoms in total. The Morgan fingerprint density at radius 2 is 1.47 bits per heavy atom. The second-order valence-corrected chi connectivity index (χ2v) is 4.41. The van der Waals surface area contributed by atoms with E-state index in [2.05, 4.69) is 40.7 Å². The molecule has 0 N–H and O–H groups in total. The van der Waals surface area contributed by atoms with Gasteiger partial charge in [0.25, 0.3) is 0 Å². The van der Waals surface area contributed by atoms with Crippen LogP contribution in [0.15, 0.2) is 16.7 Å². The number of hydrogen-bond donors (Lipinski definition) is 0. The van der Waals surface area contributed by atoms with Gasteiger partial charge in [0.1, 0.15) is 0 Å². The van der Waals surface area contributed by atoms with Crippen molar-refractivity contribution in [2.45, 2.75) is 66.7 Å². The molecule has 0 fully saturated rings. The smallest absolute Gasteiger partial charge is 0.0168 e. The molecule has 0 heteroatoms. The summed E-state index contributed by atoms with van der Waals surface area (Å²) in [6.07, 6.45) is 9.74. The van der Waals surface area contributed by atoms with E-state index in [1.807, 2.05) is 0 Å². The largest absolute Gasteiger partial charge is 0.0642 e. The fraction of sp³-hybridized carbons (Fsp3) is 0.733. The van der Waals surface area contributed by atoms with Crippen LogP contribution in [0.3, 0.4) is 0 Å². The Morgan fingerprint density at radius 3 is 1.80 bits per heavy atom. The third kappa shape index (κ3) is 1.91. The zero-order chi connectivity index (χ0) is 11.5. The first-order chi connectivity index (χ1) is 7.18. The molecule has 1 radical (unpaired) electrons. The van der Waals surface area contributed by atoms with Gasteiger partial charge in [0.15, 0.2) is 0 Å². The lowest BCUT2D eigenvalue weighted by Gasteiger charge is -2.28. The topological polar surface area (TPSA) is 0 Å². The Bertz CT molecular complexity index is 274. The lowest BCUT2D eigenvalue weighted by Crippen LogP contribution is -2.17. The zero-order valence-corrected chi connectivity index (χ0v) is 11.0. The first kappa shape index (κ1) is 12.5. The SMILES string of the molecule is CCC1=[C]C(CC)(CC)C(CC)=C1CC. The van der Waals surface area contributed by atoms with Gasteiger partial charge < -0.3 is 0 Å². The van der Waals surface area contributed by atoms with Crippen LogP contribution in [-0.2, 0) is 0 Å². The van der Waals surface area contributed by atoms with Gasteiger partial charge in [-0.05, 0) is 49.3 Å². The lowest BCUT2D eigenvalue weighted by molar-refractivity contribution is 0.405. The minimum absolute atomic E-state index is 0.283. The molecule has 0 amide bonds. The highest BCUT2D eigenvalue weighted by molar-refractivity contribution is 5.45. The van der Waals surface area contributed by atoms with E-state index in [4.69, 9.17) is 0 Å². The molecule has 0 spiro atoms. The first-order valence-corrected chi connectivity index (χ1v) is 6.55. The van der Waals surface area contributed by atoms with Gasteiger partial charge in [-0.25, -0.2) is 0 Å². The summed E-state index contributed by atoms with van der Waals surface area (Å²) in [5.41, 5.74) is 5.07. The molecule has 1 aliphatic rings. The Hall–Kier alpha value is -0.520. The van der Waals surface area contributed by atoms with E-state index < -0.39 is 0 Å². The number of allylic oxidation sites excluding steroid dienone is 4. The summed E-state index contributed by atoms with van der Waals surface area (Å²) < 4.78 is 0. The molecule has 1 aliphatic carbocycles. The highest BCUT2D eigenvalue weighted by atomic mass is 14.4. The van der Waals surface area contributed by atoms with Gasteiger partial charge in [-0.1, -0.05) is 40.2 Å². The zero-order valence-electron chi connectivity index (χ0n) is 11.0. The molecule has 0 aliphatic heterocycles. The van der Waals surface area contributed by atoms with Crippen molar-refractivity contribution in [2.24, 2.45) is 5.41 Å². The molecule has 1 rings (SSSR count). The van der Waals surface area contributed by atoms with Gasteiger partial charge in [-0.15, -0.1) is 0 Å². The second kappa shape index (κ2) is 5.01. The second-order valence-electron chi connectivity index (χ2n) is 4.41. The molecule has 0 bridgehead atoms. The van der Waals surface area contributed by atoms with Crippen LogP contribution in [0.5, 0.6) is 0 Å². The third-order valence-corrected chi connectivity index (χ3v) is 3.96. The summed E-state index contributed by atoms with van der Waals surface area (Å²) >= 11 is 0. The highest BCUT2D eigenvalue weighted by Crippen LogP contribution is 2.48. The normalized spacial score (nSPS) is 19.7. The minimum atomic E-state index is 0.283. The van der Waals surface area contributed by atoms with Crippen molar-refractivity contribution in [2.75, 3.05) is 0 Å². The van der Waals surface area contributed by atoms with E-state index in [1.165, 1.54) is 31.3 Å². The van der Waals surface area contributed by atoms with Gasteiger partial charge in [0.05, 0.1) is 0 Å². The van der Waals surface area contributed by atoms with Crippen molar-refractivity contribution < 1.29 is 0 Å². The van der Waals surface area contributed by atoms with Crippen LogP contribution in [0.1, 0.15) is 66.7 Å². The highest BCUT2D eigenvalue weighted by Gasteiger charge is 2.35. The number of rotatable bonds is 5. The van der Waals surface area contributed by atoms with Crippen LogP contribution >= 0.6 is 0 Å². The predicted octanol–water partition coefficient (Wildman–Crippen LogP) is 5.06. The van der Waals surface area contributed by atoms with Crippen molar-refractivity contribution in [1.82, 2.24) is 0 Å². The Balaban J connectivity index is 3.22. The standard InChI is InChI=1S/C15H25/c1-6-12-11-15(9-4,10-5)14(8-3)13(12)7-2/h6-10H2,1-5H3. The molecule has 0 aromatic carbocycles. The first-order valence-electron chi connectivity index (χ1n) is 6.55. The van der Waals surface area contributed by atoms with Crippen molar-refractivity contribution in [3.05, 3.63) is 22.8 Å². The van der Waals surface area contributed by atoms with Crippen molar-refractivity contribution >= 4 is 0 Å². The molecule has 0 aromatic heterocycles. The van der Waals surface area contributed by atoms with E-state index in [9.17, 15) is 0 Å². The summed E-state index contributed by atoms with van der Waals surface area (Å²) in [6.45, 7) is 11.4. The summed E-state index contributed by atoms with van der Waals surface area (Å²) in [6, 6.07) is 0. The average Bonchev–Trinajstić information content (AvgIpc) is 2.62. The lowest BCUT2D eigenvalue weighted by atomic mass is 9.76. The van der Waals surface area contributed by atoms with E-state index in [0.717, 1.165) is 6.42 Å². The third-order valence-electron chi connectivity index (χ3n) is 3.96. The van der Waals surface area contributed by atoms with Crippen LogP contribution in [0.25, 0.3) is 0 Å². The molecule has 0 heterocycles. The summed E-state index contributed by atoms with van der Waals surface area (Å²) in [5, 5.41) is 0. The molecular formula is C15H25. The molecule has 0 saturated heterocycles. The average molecular weight is 205 g/mol. The van der Waals surface area contributed by atoms with Crippen LogP contribution in [0.2, 0.25) is 0 Å². The van der Waals surface area contributed by atoms with E-state index in [0.29, 0.717) is 0 Å². The quantitative estimate of drug-likeness (QED) is 0.588. The molecule has 85 valence electrons. The van der Waals surface area contributed by atoms with Crippen LogP contribution in [0, 0.1) is 11.5 Å². The van der Waals surface area contributed by atoms with E-state index in [1.54, 1.807) is 11.1 Å². The van der Waals surface area contributed by atoms with Crippen LogP contribution in [0.4, 0.5) is 0 Å². The summed E-state index contributed by atoms with van der Waals surface area (Å²) in [7, 11) is 0. The van der Waals surface area contributed by atoms with Crippen LogP contribution < -0.4 is 0 Å². The maximum atomic E-state index is 3.80. The Labute approximate surface area is 95.5 Å². The molecule has 15 heavy (non-hydrogen) atoms. The fourth-order valence-electron chi connectivity index (χ4n) is 3.04.